The highest BCUT2D eigenvalue weighted by molar-refractivity contribution is 5.87. The number of aromatic carboxylic acids is 1. The third kappa shape index (κ3) is 1.56. The molecular weight excluding hydrogens is 182 g/mol. The molecule has 72 valence electrons. The molecule has 1 aliphatic rings. The smallest absolute Gasteiger partial charge is 0.354 e. The second kappa shape index (κ2) is 3.45. The maximum atomic E-state index is 10.7. The minimum absolute atomic E-state index is 0.0581. The van der Waals surface area contributed by atoms with Crippen LogP contribution in [0.4, 0.5) is 5.82 Å². The van der Waals surface area contributed by atoms with Crippen LogP contribution in [0.5, 0.6) is 0 Å². The third-order valence-electron chi connectivity index (χ3n) is 1.94. The van der Waals surface area contributed by atoms with Crippen LogP contribution in [0, 0.1) is 0 Å². The lowest BCUT2D eigenvalue weighted by molar-refractivity contribution is 0.0690. The molecule has 0 aromatic carbocycles. The Kier molecular flexibility index (Phi) is 2.14. The van der Waals surface area contributed by atoms with Crippen molar-refractivity contribution in [2.75, 3.05) is 18.0 Å². The average molecular weight is 191 g/mol. The maximum absolute atomic E-state index is 10.7. The van der Waals surface area contributed by atoms with E-state index < -0.39 is 5.97 Å². The van der Waals surface area contributed by atoms with Crippen molar-refractivity contribution in [2.24, 2.45) is 4.99 Å². The second-order valence-corrected chi connectivity index (χ2v) is 2.90. The predicted molar refractivity (Wildman–Crippen MR) is 51.9 cm³/mol. The van der Waals surface area contributed by atoms with E-state index in [0.717, 1.165) is 13.1 Å². The maximum Gasteiger partial charge on any atom is 0.354 e. The highest BCUT2D eigenvalue weighted by atomic mass is 16.4. The van der Waals surface area contributed by atoms with Crippen LogP contribution in [0.15, 0.2) is 23.2 Å². The van der Waals surface area contributed by atoms with E-state index >= 15 is 0 Å². The van der Waals surface area contributed by atoms with Gasteiger partial charge in [-0.1, -0.05) is 6.07 Å². The van der Waals surface area contributed by atoms with Gasteiger partial charge in [0, 0.05) is 6.54 Å². The Morgan fingerprint density at radius 2 is 2.36 bits per heavy atom. The molecule has 0 saturated heterocycles. The van der Waals surface area contributed by atoms with E-state index in [-0.39, 0.29) is 5.69 Å². The summed E-state index contributed by atoms with van der Waals surface area (Å²) in [6, 6.07) is 4.92. The van der Waals surface area contributed by atoms with Gasteiger partial charge < -0.3 is 10.0 Å². The summed E-state index contributed by atoms with van der Waals surface area (Å²) in [7, 11) is 0. The molecule has 0 saturated carbocycles. The fourth-order valence-corrected chi connectivity index (χ4v) is 1.26. The van der Waals surface area contributed by atoms with Crippen molar-refractivity contribution in [1.82, 2.24) is 4.98 Å². The molecule has 1 N–H and O–H groups in total. The normalized spacial score (nSPS) is 14.7. The number of nitrogens with zero attached hydrogens (tertiary/aromatic N) is 3. The van der Waals surface area contributed by atoms with Crippen molar-refractivity contribution < 1.29 is 9.90 Å². The standard InChI is InChI=1S/C9H9N3O2/c13-9(14)7-2-1-3-8(11-7)12-5-4-10-6-12/h1-3,6H,4-5H2,(H,13,14). The van der Waals surface area contributed by atoms with Crippen LogP contribution in [0.3, 0.4) is 0 Å². The molecule has 1 aliphatic heterocycles. The van der Waals surface area contributed by atoms with Gasteiger partial charge in [-0.25, -0.2) is 9.78 Å². The molecule has 5 heteroatoms. The quantitative estimate of drug-likeness (QED) is 0.744. The molecule has 1 aromatic rings. The molecule has 2 heterocycles. The zero-order chi connectivity index (χ0) is 9.97. The van der Waals surface area contributed by atoms with Crippen molar-refractivity contribution in [3.8, 4) is 0 Å². The summed E-state index contributed by atoms with van der Waals surface area (Å²) in [5.41, 5.74) is 0.0581. The van der Waals surface area contributed by atoms with Gasteiger partial charge >= 0.3 is 5.97 Å². The summed E-state index contributed by atoms with van der Waals surface area (Å²) in [5, 5.41) is 8.74. The molecular formula is C9H9N3O2. The zero-order valence-corrected chi connectivity index (χ0v) is 7.42. The van der Waals surface area contributed by atoms with E-state index in [1.54, 1.807) is 18.5 Å². The van der Waals surface area contributed by atoms with Crippen molar-refractivity contribution in [3.63, 3.8) is 0 Å². The fraction of sp³-hybridized carbons (Fsp3) is 0.222. The first kappa shape index (κ1) is 8.68. The van der Waals surface area contributed by atoms with Crippen molar-refractivity contribution in [1.29, 1.82) is 0 Å². The first-order valence-electron chi connectivity index (χ1n) is 4.24. The second-order valence-electron chi connectivity index (χ2n) is 2.90. The molecule has 1 aromatic heterocycles. The Morgan fingerprint density at radius 1 is 1.50 bits per heavy atom. The van der Waals surface area contributed by atoms with Gasteiger partial charge in [0.25, 0.3) is 0 Å². The molecule has 0 spiro atoms. The number of pyridine rings is 1. The Labute approximate surface area is 80.7 Å². The van der Waals surface area contributed by atoms with Gasteiger partial charge in [-0.2, -0.15) is 0 Å². The SMILES string of the molecule is O=C(O)c1cccc(N2C=NCC2)n1. The fourth-order valence-electron chi connectivity index (χ4n) is 1.26. The largest absolute Gasteiger partial charge is 0.477 e. The van der Waals surface area contributed by atoms with Crippen LogP contribution in [-0.2, 0) is 0 Å². The average Bonchev–Trinajstić information content (AvgIpc) is 2.71. The van der Waals surface area contributed by atoms with Crippen LogP contribution in [0.1, 0.15) is 10.5 Å². The van der Waals surface area contributed by atoms with Crippen LogP contribution in [0.2, 0.25) is 0 Å². The number of aliphatic imine (C=N–C) groups is 1. The van der Waals surface area contributed by atoms with E-state index in [0.29, 0.717) is 5.82 Å². The Morgan fingerprint density at radius 3 is 3.00 bits per heavy atom. The number of anilines is 1. The highest BCUT2D eigenvalue weighted by Crippen LogP contribution is 2.11. The Bertz CT molecular complexity index is 389. The van der Waals surface area contributed by atoms with Crippen LogP contribution in [0.25, 0.3) is 0 Å². The minimum atomic E-state index is -1.01. The topological polar surface area (TPSA) is 65.8 Å². The molecule has 0 fully saturated rings. The number of aromatic nitrogens is 1. The number of carboxylic acid groups (broad SMARTS) is 1. The molecule has 0 unspecified atom stereocenters. The summed E-state index contributed by atoms with van der Waals surface area (Å²) >= 11 is 0. The highest BCUT2D eigenvalue weighted by Gasteiger charge is 2.11. The molecule has 14 heavy (non-hydrogen) atoms. The molecule has 0 amide bonds. The van der Waals surface area contributed by atoms with E-state index in [4.69, 9.17) is 5.11 Å². The summed E-state index contributed by atoms with van der Waals surface area (Å²) in [6.45, 7) is 1.50. The van der Waals surface area contributed by atoms with E-state index in [9.17, 15) is 4.79 Å². The summed E-state index contributed by atoms with van der Waals surface area (Å²) in [4.78, 5) is 20.5. The Balaban J connectivity index is 2.30. The van der Waals surface area contributed by atoms with Gasteiger partial charge in [-0.3, -0.25) is 4.99 Å². The zero-order valence-electron chi connectivity index (χ0n) is 7.42. The lowest BCUT2D eigenvalue weighted by atomic mass is 10.3. The van der Waals surface area contributed by atoms with Gasteiger partial charge in [0.15, 0.2) is 5.69 Å². The molecule has 0 aliphatic carbocycles. The minimum Gasteiger partial charge on any atom is -0.477 e. The van der Waals surface area contributed by atoms with Crippen molar-refractivity contribution >= 4 is 18.1 Å². The van der Waals surface area contributed by atoms with E-state index in [1.165, 1.54) is 6.07 Å². The van der Waals surface area contributed by atoms with Crippen LogP contribution >= 0.6 is 0 Å². The molecule has 0 atom stereocenters. The first-order chi connectivity index (χ1) is 6.77. The first-order valence-corrected chi connectivity index (χ1v) is 4.24. The van der Waals surface area contributed by atoms with Gasteiger partial charge in [0.1, 0.15) is 5.82 Å². The summed E-state index contributed by atoms with van der Waals surface area (Å²) in [6.07, 6.45) is 1.67. The Hall–Kier alpha value is -1.91. The lowest BCUT2D eigenvalue weighted by Crippen LogP contribution is -2.20. The van der Waals surface area contributed by atoms with Gasteiger partial charge in [0.2, 0.25) is 0 Å². The van der Waals surface area contributed by atoms with E-state index in [2.05, 4.69) is 9.98 Å². The predicted octanol–water partition coefficient (Wildman–Crippen LogP) is 0.628. The number of hydrogen-bond acceptors (Lipinski definition) is 4. The third-order valence-corrected chi connectivity index (χ3v) is 1.94. The lowest BCUT2D eigenvalue weighted by Gasteiger charge is -2.12. The summed E-state index contributed by atoms with van der Waals surface area (Å²) in [5.74, 6) is -0.380. The van der Waals surface area contributed by atoms with Crippen LogP contribution < -0.4 is 4.90 Å². The summed E-state index contributed by atoms with van der Waals surface area (Å²) < 4.78 is 0. The number of carbonyl (C=O) groups is 1. The van der Waals surface area contributed by atoms with Gasteiger partial charge in [0.05, 0.1) is 12.9 Å². The molecule has 2 rings (SSSR count). The van der Waals surface area contributed by atoms with E-state index in [1.807, 2.05) is 4.90 Å². The van der Waals surface area contributed by atoms with Crippen LogP contribution in [-0.4, -0.2) is 35.5 Å². The van der Waals surface area contributed by atoms with Gasteiger partial charge in [-0.05, 0) is 12.1 Å². The molecule has 5 nitrogen and oxygen atoms in total. The molecule has 0 bridgehead atoms. The monoisotopic (exact) mass is 191 g/mol. The number of carboxylic acids is 1. The van der Waals surface area contributed by atoms with Crippen molar-refractivity contribution in [2.45, 2.75) is 0 Å². The number of hydrogen-bond donors (Lipinski definition) is 1. The van der Waals surface area contributed by atoms with Gasteiger partial charge in [-0.15, -0.1) is 0 Å². The molecule has 0 radical (unpaired) electrons. The number of rotatable bonds is 2. The van der Waals surface area contributed by atoms with Crippen molar-refractivity contribution in [3.05, 3.63) is 23.9 Å².